The predicted molar refractivity (Wildman–Crippen MR) is 112 cm³/mol. The molecule has 1 N–H and O–H groups in total. The van der Waals surface area contributed by atoms with E-state index in [1.165, 1.54) is 22.2 Å². The Bertz CT molecular complexity index is 815. The smallest absolute Gasteiger partial charge is 0.235 e. The average molecular weight is 405 g/mol. The van der Waals surface area contributed by atoms with E-state index >= 15 is 0 Å². The number of anilines is 1. The molecule has 0 radical (unpaired) electrons. The highest BCUT2D eigenvalue weighted by Gasteiger charge is 2.34. The zero-order chi connectivity index (χ0) is 18.7. The van der Waals surface area contributed by atoms with Gasteiger partial charge in [0.1, 0.15) is 11.1 Å². The number of nitrogens with one attached hydrogen (secondary N) is 1. The number of carbonyl (C=O) groups excluding carboxylic acids is 1. The van der Waals surface area contributed by atoms with Gasteiger partial charge in [-0.05, 0) is 47.6 Å². The van der Waals surface area contributed by atoms with Crippen LogP contribution in [0.1, 0.15) is 49.6 Å². The van der Waals surface area contributed by atoms with Gasteiger partial charge in [0.05, 0.1) is 15.5 Å². The molecule has 0 spiro atoms. The lowest BCUT2D eigenvalue weighted by Gasteiger charge is -2.36. The van der Waals surface area contributed by atoms with Crippen LogP contribution >= 0.6 is 34.4 Å². The number of amides is 1. The summed E-state index contributed by atoms with van der Waals surface area (Å²) in [7, 11) is 0. The Labute approximate surface area is 167 Å². The summed E-state index contributed by atoms with van der Waals surface area (Å²) in [5.74, 6) is 0.978. The van der Waals surface area contributed by atoms with Crippen molar-refractivity contribution in [2.75, 3.05) is 11.1 Å². The largest absolute Gasteiger partial charge is 0.316 e. The maximum absolute atomic E-state index is 12.3. The topological polar surface area (TPSA) is 52.9 Å². The molecule has 138 valence electrons. The standard InChI is InChI=1S/C20H24N2OS3/c1-4-20(2,3)13-7-8-14-15(11-21)19(26-16(14)10-13)22-17(23)12-25-18-6-5-9-24-18/h5-6,9,13H,4,7-8,10,12H2,1-3H3,(H,22,23)/t13-/m0/s1. The van der Waals surface area contributed by atoms with E-state index < -0.39 is 0 Å². The molecule has 1 amide bonds. The molecule has 0 bridgehead atoms. The Hall–Kier alpha value is -1.29. The van der Waals surface area contributed by atoms with Crippen LogP contribution in [0.15, 0.2) is 21.7 Å². The van der Waals surface area contributed by atoms with Gasteiger partial charge >= 0.3 is 0 Å². The summed E-state index contributed by atoms with van der Waals surface area (Å²) in [5, 5.41) is 15.4. The van der Waals surface area contributed by atoms with Crippen LogP contribution in [0.5, 0.6) is 0 Å². The van der Waals surface area contributed by atoms with E-state index in [1.807, 2.05) is 17.5 Å². The van der Waals surface area contributed by atoms with E-state index in [2.05, 4.69) is 32.2 Å². The molecule has 0 unspecified atom stereocenters. The average Bonchev–Trinajstić information content (AvgIpc) is 3.26. The Morgan fingerprint density at radius 1 is 1.50 bits per heavy atom. The van der Waals surface area contributed by atoms with E-state index in [0.29, 0.717) is 22.6 Å². The fourth-order valence-electron chi connectivity index (χ4n) is 3.39. The maximum atomic E-state index is 12.3. The molecule has 0 saturated carbocycles. The number of nitrogens with zero attached hydrogens (tertiary/aromatic N) is 1. The van der Waals surface area contributed by atoms with E-state index in [4.69, 9.17) is 0 Å². The summed E-state index contributed by atoms with van der Waals surface area (Å²) in [5.41, 5.74) is 2.17. The molecule has 2 aromatic heterocycles. The molecular formula is C20H24N2OS3. The number of nitriles is 1. The van der Waals surface area contributed by atoms with Gasteiger partial charge in [0, 0.05) is 4.88 Å². The van der Waals surface area contributed by atoms with Gasteiger partial charge < -0.3 is 5.32 Å². The SMILES string of the molecule is CCC(C)(C)[C@H]1CCc2c(sc(NC(=O)CSc3cccs3)c2C#N)C1. The minimum Gasteiger partial charge on any atom is -0.316 e. The number of thioether (sulfide) groups is 1. The second kappa shape index (κ2) is 8.16. The zero-order valence-electron chi connectivity index (χ0n) is 15.4. The van der Waals surface area contributed by atoms with Crippen LogP contribution in [-0.2, 0) is 17.6 Å². The third-order valence-electron chi connectivity index (χ3n) is 5.49. The molecular weight excluding hydrogens is 380 g/mol. The third kappa shape index (κ3) is 4.16. The first-order valence-electron chi connectivity index (χ1n) is 8.95. The van der Waals surface area contributed by atoms with E-state index in [1.54, 1.807) is 22.7 Å². The van der Waals surface area contributed by atoms with Crippen LogP contribution in [0, 0.1) is 22.7 Å². The van der Waals surface area contributed by atoms with Crippen molar-refractivity contribution in [2.24, 2.45) is 11.3 Å². The third-order valence-corrected chi connectivity index (χ3v) is 8.79. The van der Waals surface area contributed by atoms with Crippen molar-refractivity contribution in [3.63, 3.8) is 0 Å². The van der Waals surface area contributed by atoms with Crippen molar-refractivity contribution in [1.82, 2.24) is 0 Å². The second-order valence-corrected chi connectivity index (χ2v) is 10.7. The van der Waals surface area contributed by atoms with Gasteiger partial charge in [-0.2, -0.15) is 5.26 Å². The molecule has 1 aliphatic carbocycles. The second-order valence-electron chi connectivity index (χ2n) is 7.37. The van der Waals surface area contributed by atoms with E-state index in [9.17, 15) is 10.1 Å². The van der Waals surface area contributed by atoms with Crippen molar-refractivity contribution in [2.45, 2.75) is 50.7 Å². The summed E-state index contributed by atoms with van der Waals surface area (Å²) in [4.78, 5) is 13.6. The summed E-state index contributed by atoms with van der Waals surface area (Å²) < 4.78 is 1.13. The van der Waals surface area contributed by atoms with Crippen molar-refractivity contribution in [3.05, 3.63) is 33.5 Å². The number of fused-ring (bicyclic) bond motifs is 1. The van der Waals surface area contributed by atoms with Crippen molar-refractivity contribution in [3.8, 4) is 6.07 Å². The molecule has 0 saturated heterocycles. The number of thiophene rings is 2. The first-order chi connectivity index (χ1) is 12.4. The summed E-state index contributed by atoms with van der Waals surface area (Å²) in [6.07, 6.45) is 4.26. The highest BCUT2D eigenvalue weighted by molar-refractivity contribution is 8.01. The van der Waals surface area contributed by atoms with E-state index in [-0.39, 0.29) is 5.91 Å². The van der Waals surface area contributed by atoms with Crippen LogP contribution in [0.3, 0.4) is 0 Å². The van der Waals surface area contributed by atoms with Crippen LogP contribution in [0.2, 0.25) is 0 Å². The lowest BCUT2D eigenvalue weighted by atomic mass is 9.69. The first kappa shape index (κ1) is 19.5. The fourth-order valence-corrected chi connectivity index (χ4v) is 6.27. The predicted octanol–water partition coefficient (Wildman–Crippen LogP) is 5.95. The molecule has 1 atom stereocenters. The molecule has 2 heterocycles. The van der Waals surface area contributed by atoms with Crippen molar-refractivity contribution < 1.29 is 4.79 Å². The van der Waals surface area contributed by atoms with E-state index in [0.717, 1.165) is 34.9 Å². The monoisotopic (exact) mass is 404 g/mol. The normalized spacial score (nSPS) is 16.8. The minimum absolute atomic E-state index is 0.0380. The number of hydrogen-bond donors (Lipinski definition) is 1. The van der Waals surface area contributed by atoms with Gasteiger partial charge in [-0.25, -0.2) is 0 Å². The molecule has 0 aliphatic heterocycles. The molecule has 0 aromatic carbocycles. The summed E-state index contributed by atoms with van der Waals surface area (Å²) in [6.45, 7) is 6.93. The molecule has 6 heteroatoms. The van der Waals surface area contributed by atoms with Gasteiger partial charge in [-0.15, -0.1) is 34.4 Å². The quantitative estimate of drug-likeness (QED) is 0.605. The van der Waals surface area contributed by atoms with Gasteiger partial charge in [0.2, 0.25) is 5.91 Å². The number of rotatable bonds is 6. The Kier molecular flexibility index (Phi) is 6.11. The van der Waals surface area contributed by atoms with Crippen LogP contribution in [0.4, 0.5) is 5.00 Å². The Morgan fingerprint density at radius 2 is 2.31 bits per heavy atom. The number of carbonyl (C=O) groups is 1. The molecule has 3 rings (SSSR count). The highest BCUT2D eigenvalue weighted by Crippen LogP contribution is 2.45. The molecule has 3 nitrogen and oxygen atoms in total. The molecule has 1 aliphatic rings. The zero-order valence-corrected chi connectivity index (χ0v) is 17.9. The highest BCUT2D eigenvalue weighted by atomic mass is 32.2. The van der Waals surface area contributed by atoms with Crippen molar-refractivity contribution in [1.29, 1.82) is 5.26 Å². The van der Waals surface area contributed by atoms with Crippen LogP contribution in [0.25, 0.3) is 0 Å². The van der Waals surface area contributed by atoms with Crippen LogP contribution in [-0.4, -0.2) is 11.7 Å². The number of hydrogen-bond acceptors (Lipinski definition) is 5. The lowest BCUT2D eigenvalue weighted by molar-refractivity contribution is -0.113. The summed E-state index contributed by atoms with van der Waals surface area (Å²) >= 11 is 4.78. The van der Waals surface area contributed by atoms with Gasteiger partial charge in [0.15, 0.2) is 0 Å². The minimum atomic E-state index is -0.0380. The Morgan fingerprint density at radius 3 is 2.96 bits per heavy atom. The first-order valence-corrected chi connectivity index (χ1v) is 11.6. The van der Waals surface area contributed by atoms with Gasteiger partial charge in [0.25, 0.3) is 0 Å². The molecule has 2 aromatic rings. The maximum Gasteiger partial charge on any atom is 0.235 e. The van der Waals surface area contributed by atoms with Gasteiger partial charge in [-0.1, -0.05) is 33.3 Å². The van der Waals surface area contributed by atoms with Crippen molar-refractivity contribution >= 4 is 45.3 Å². The van der Waals surface area contributed by atoms with Crippen LogP contribution < -0.4 is 5.32 Å². The van der Waals surface area contributed by atoms with Gasteiger partial charge in [-0.3, -0.25) is 4.79 Å². The fraction of sp³-hybridized carbons (Fsp3) is 0.500. The lowest BCUT2D eigenvalue weighted by Crippen LogP contribution is -2.28. The Balaban J connectivity index is 1.71. The molecule has 0 fully saturated rings. The summed E-state index contributed by atoms with van der Waals surface area (Å²) in [6, 6.07) is 6.34. The molecule has 26 heavy (non-hydrogen) atoms.